The molecule has 3 nitrogen and oxygen atoms in total. The van der Waals surface area contributed by atoms with Crippen LogP contribution in [-0.2, 0) is 10.0 Å². The molecule has 0 aliphatic rings. The zero-order chi connectivity index (χ0) is 14.0. The van der Waals surface area contributed by atoms with E-state index in [4.69, 9.17) is 23.2 Å². The van der Waals surface area contributed by atoms with Gasteiger partial charge in [-0.2, -0.15) is 0 Å². The SMILES string of the molecule is O=S(=O)(Nc1cccc(Cl)c1Br)c1ccc(Cl)cc1. The van der Waals surface area contributed by atoms with Crippen molar-refractivity contribution in [1.82, 2.24) is 0 Å². The van der Waals surface area contributed by atoms with Crippen LogP contribution < -0.4 is 4.72 Å². The number of halogens is 3. The van der Waals surface area contributed by atoms with Crippen molar-refractivity contribution in [2.75, 3.05) is 4.72 Å². The first-order chi connectivity index (χ1) is 8.90. The second-order valence-electron chi connectivity index (χ2n) is 3.66. The molecule has 0 aromatic heterocycles. The fourth-order valence-corrected chi connectivity index (χ4v) is 3.27. The van der Waals surface area contributed by atoms with E-state index in [1.165, 1.54) is 24.3 Å². The lowest BCUT2D eigenvalue weighted by molar-refractivity contribution is 0.601. The third-order valence-electron chi connectivity index (χ3n) is 2.32. The molecular formula is C12H8BrCl2NO2S. The van der Waals surface area contributed by atoms with Crippen molar-refractivity contribution in [1.29, 1.82) is 0 Å². The molecule has 0 bridgehead atoms. The summed E-state index contributed by atoms with van der Waals surface area (Å²) in [4.78, 5) is 0.128. The van der Waals surface area contributed by atoms with Crippen LogP contribution in [0.15, 0.2) is 51.8 Å². The molecule has 0 aliphatic carbocycles. The number of hydrogen-bond donors (Lipinski definition) is 1. The molecule has 0 saturated carbocycles. The lowest BCUT2D eigenvalue weighted by Crippen LogP contribution is -2.13. The summed E-state index contributed by atoms with van der Waals surface area (Å²) in [6, 6.07) is 10.8. The van der Waals surface area contributed by atoms with Crippen molar-refractivity contribution in [2.24, 2.45) is 0 Å². The number of hydrogen-bond acceptors (Lipinski definition) is 2. The van der Waals surface area contributed by atoms with Crippen LogP contribution in [0.3, 0.4) is 0 Å². The van der Waals surface area contributed by atoms with Gasteiger partial charge in [0.2, 0.25) is 0 Å². The van der Waals surface area contributed by atoms with Crippen LogP contribution in [0.25, 0.3) is 0 Å². The highest BCUT2D eigenvalue weighted by atomic mass is 79.9. The Morgan fingerprint density at radius 3 is 2.26 bits per heavy atom. The zero-order valence-electron chi connectivity index (χ0n) is 9.40. The van der Waals surface area contributed by atoms with E-state index in [2.05, 4.69) is 20.7 Å². The maximum absolute atomic E-state index is 12.2. The standard InChI is InChI=1S/C12H8BrCl2NO2S/c13-12-10(15)2-1-3-11(12)16-19(17,18)9-6-4-8(14)5-7-9/h1-7,16H. The van der Waals surface area contributed by atoms with Gasteiger partial charge in [-0.05, 0) is 52.3 Å². The molecule has 0 amide bonds. The molecule has 0 atom stereocenters. The van der Waals surface area contributed by atoms with Gasteiger partial charge in [-0.15, -0.1) is 0 Å². The largest absolute Gasteiger partial charge is 0.278 e. The zero-order valence-corrected chi connectivity index (χ0v) is 13.3. The quantitative estimate of drug-likeness (QED) is 0.848. The van der Waals surface area contributed by atoms with Gasteiger partial charge in [-0.25, -0.2) is 8.42 Å². The summed E-state index contributed by atoms with van der Waals surface area (Å²) in [6.45, 7) is 0. The molecule has 0 spiro atoms. The molecule has 0 heterocycles. The van der Waals surface area contributed by atoms with Gasteiger partial charge in [0, 0.05) is 5.02 Å². The Balaban J connectivity index is 2.36. The van der Waals surface area contributed by atoms with Gasteiger partial charge >= 0.3 is 0 Å². The summed E-state index contributed by atoms with van der Waals surface area (Å²) < 4.78 is 27.3. The summed E-state index contributed by atoms with van der Waals surface area (Å²) in [5.74, 6) is 0. The van der Waals surface area contributed by atoms with Gasteiger partial charge in [0.15, 0.2) is 0 Å². The van der Waals surface area contributed by atoms with Crippen molar-refractivity contribution < 1.29 is 8.42 Å². The smallest absolute Gasteiger partial charge is 0.261 e. The topological polar surface area (TPSA) is 46.2 Å². The molecule has 0 radical (unpaired) electrons. The Labute approximate surface area is 129 Å². The number of benzene rings is 2. The molecule has 2 rings (SSSR count). The van der Waals surface area contributed by atoms with Gasteiger partial charge in [0.1, 0.15) is 0 Å². The highest BCUT2D eigenvalue weighted by molar-refractivity contribution is 9.10. The first kappa shape index (κ1) is 14.7. The minimum Gasteiger partial charge on any atom is -0.278 e. The van der Waals surface area contributed by atoms with E-state index in [1.54, 1.807) is 18.2 Å². The maximum Gasteiger partial charge on any atom is 0.261 e. The second-order valence-corrected chi connectivity index (χ2v) is 6.98. The van der Waals surface area contributed by atoms with Gasteiger partial charge < -0.3 is 0 Å². The number of sulfonamides is 1. The first-order valence-corrected chi connectivity index (χ1v) is 8.16. The monoisotopic (exact) mass is 379 g/mol. The van der Waals surface area contributed by atoms with E-state index in [-0.39, 0.29) is 4.90 Å². The molecule has 0 unspecified atom stereocenters. The molecule has 2 aromatic rings. The minimum atomic E-state index is -3.67. The van der Waals surface area contributed by atoms with Crippen molar-refractivity contribution in [3.63, 3.8) is 0 Å². The van der Waals surface area contributed by atoms with Crippen LogP contribution >= 0.6 is 39.1 Å². The van der Waals surface area contributed by atoms with Gasteiger partial charge in [-0.3, -0.25) is 4.72 Å². The Kier molecular flexibility index (Phi) is 4.40. The third kappa shape index (κ3) is 3.42. The third-order valence-corrected chi connectivity index (χ3v) is 5.35. The molecule has 2 aromatic carbocycles. The van der Waals surface area contributed by atoms with Crippen LogP contribution in [0.5, 0.6) is 0 Å². The predicted molar refractivity (Wildman–Crippen MR) is 81.4 cm³/mol. The highest BCUT2D eigenvalue weighted by Gasteiger charge is 2.16. The van der Waals surface area contributed by atoms with Gasteiger partial charge in [0.25, 0.3) is 10.0 Å². The fourth-order valence-electron chi connectivity index (χ4n) is 1.40. The molecule has 0 saturated heterocycles. The summed E-state index contributed by atoms with van der Waals surface area (Å²) >= 11 is 14.9. The van der Waals surface area contributed by atoms with Crippen molar-refractivity contribution in [2.45, 2.75) is 4.90 Å². The molecule has 100 valence electrons. The molecule has 7 heteroatoms. The van der Waals surface area contributed by atoms with Gasteiger partial charge in [-0.1, -0.05) is 29.3 Å². The van der Waals surface area contributed by atoms with E-state index >= 15 is 0 Å². The second kappa shape index (κ2) is 5.71. The van der Waals surface area contributed by atoms with Crippen LogP contribution in [-0.4, -0.2) is 8.42 Å². The van der Waals surface area contributed by atoms with E-state index in [0.29, 0.717) is 20.2 Å². The van der Waals surface area contributed by atoms with E-state index in [1.807, 2.05) is 0 Å². The number of rotatable bonds is 3. The Bertz CT molecular complexity index is 702. The summed E-state index contributed by atoms with van der Waals surface area (Å²) in [5, 5.41) is 0.902. The lowest BCUT2D eigenvalue weighted by Gasteiger charge is -2.10. The predicted octanol–water partition coefficient (Wildman–Crippen LogP) is 4.56. The molecule has 0 aliphatic heterocycles. The summed E-state index contributed by atoms with van der Waals surface area (Å²) in [7, 11) is -3.67. The Hall–Kier alpha value is -0.750. The Morgan fingerprint density at radius 2 is 1.63 bits per heavy atom. The average molecular weight is 381 g/mol. The highest BCUT2D eigenvalue weighted by Crippen LogP contribution is 2.31. The molecule has 19 heavy (non-hydrogen) atoms. The van der Waals surface area contributed by atoms with Crippen LogP contribution in [0.2, 0.25) is 10.0 Å². The van der Waals surface area contributed by atoms with E-state index < -0.39 is 10.0 Å². The van der Waals surface area contributed by atoms with E-state index in [9.17, 15) is 8.42 Å². The minimum absolute atomic E-state index is 0.128. The van der Waals surface area contributed by atoms with Crippen molar-refractivity contribution in [3.8, 4) is 0 Å². The summed E-state index contributed by atoms with van der Waals surface area (Å²) in [5.41, 5.74) is 0.377. The van der Waals surface area contributed by atoms with E-state index in [0.717, 1.165) is 0 Å². The fraction of sp³-hybridized carbons (Fsp3) is 0. The lowest BCUT2D eigenvalue weighted by atomic mass is 10.3. The molecule has 1 N–H and O–H groups in total. The van der Waals surface area contributed by atoms with Gasteiger partial charge in [0.05, 0.1) is 20.1 Å². The number of anilines is 1. The van der Waals surface area contributed by atoms with Crippen LogP contribution in [0, 0.1) is 0 Å². The van der Waals surface area contributed by atoms with Crippen LogP contribution in [0.4, 0.5) is 5.69 Å². The first-order valence-electron chi connectivity index (χ1n) is 5.12. The molecular weight excluding hydrogens is 373 g/mol. The normalized spacial score (nSPS) is 11.3. The molecule has 0 fully saturated rings. The van der Waals surface area contributed by atoms with Crippen molar-refractivity contribution >= 4 is 54.8 Å². The Morgan fingerprint density at radius 1 is 1.00 bits per heavy atom. The average Bonchev–Trinajstić information content (AvgIpc) is 2.35. The van der Waals surface area contributed by atoms with Crippen molar-refractivity contribution in [3.05, 3.63) is 57.0 Å². The summed E-state index contributed by atoms with van der Waals surface area (Å²) in [6.07, 6.45) is 0. The van der Waals surface area contributed by atoms with Crippen LogP contribution in [0.1, 0.15) is 0 Å². The maximum atomic E-state index is 12.2. The number of nitrogens with one attached hydrogen (secondary N) is 1.